The van der Waals surface area contributed by atoms with Crippen molar-refractivity contribution >= 4 is 26.0 Å². The first-order chi connectivity index (χ1) is 13.1. The number of sulfonamides is 1. The van der Waals surface area contributed by atoms with Gasteiger partial charge in [0.15, 0.2) is 0 Å². The van der Waals surface area contributed by atoms with Gasteiger partial charge in [-0.1, -0.05) is 28.9 Å². The zero-order chi connectivity index (χ0) is 20.5. The lowest BCUT2D eigenvalue weighted by molar-refractivity contribution is -0.127. The summed E-state index contributed by atoms with van der Waals surface area (Å²) in [5.41, 5.74) is 0.0319. The zero-order valence-electron chi connectivity index (χ0n) is 15.9. The molecule has 3 rings (SSSR count). The monoisotopic (exact) mass is 482 g/mol. The van der Waals surface area contributed by atoms with Crippen LogP contribution in [0.2, 0.25) is 0 Å². The molecule has 0 atom stereocenters. The first-order valence-electron chi connectivity index (χ1n) is 9.65. The van der Waals surface area contributed by atoms with E-state index >= 15 is 0 Å². The van der Waals surface area contributed by atoms with Crippen molar-refractivity contribution in [2.75, 3.05) is 26.2 Å². The molecule has 2 heterocycles. The van der Waals surface area contributed by atoms with E-state index in [9.17, 15) is 21.6 Å². The number of halogens is 4. The number of hydrogen-bond acceptors (Lipinski definition) is 3. The number of likely N-dealkylation sites (tertiary alicyclic amines) is 1. The molecule has 0 spiro atoms. The van der Waals surface area contributed by atoms with Gasteiger partial charge in [0, 0.05) is 23.6 Å². The molecule has 0 aromatic heterocycles. The van der Waals surface area contributed by atoms with Gasteiger partial charge in [-0.25, -0.2) is 8.42 Å². The number of piperidine rings is 2. The van der Waals surface area contributed by atoms with Crippen molar-refractivity contribution in [3.8, 4) is 0 Å². The molecule has 1 aromatic rings. The van der Waals surface area contributed by atoms with Gasteiger partial charge in [-0.2, -0.15) is 17.5 Å². The van der Waals surface area contributed by atoms with Crippen LogP contribution in [0.25, 0.3) is 0 Å². The smallest absolute Gasteiger partial charge is 0.300 e. The highest BCUT2D eigenvalue weighted by molar-refractivity contribution is 9.10. The molecule has 2 aliphatic rings. The molecule has 2 saturated heterocycles. The van der Waals surface area contributed by atoms with Crippen molar-refractivity contribution in [3.05, 3.63) is 28.2 Å². The summed E-state index contributed by atoms with van der Waals surface area (Å²) < 4.78 is 65.3. The van der Waals surface area contributed by atoms with E-state index in [1.807, 2.05) is 0 Å². The highest BCUT2D eigenvalue weighted by Crippen LogP contribution is 2.31. The maximum atomic E-state index is 12.9. The van der Waals surface area contributed by atoms with Crippen molar-refractivity contribution < 1.29 is 21.6 Å². The number of rotatable bonds is 4. The van der Waals surface area contributed by atoms with Crippen LogP contribution in [0, 0.1) is 5.92 Å². The van der Waals surface area contributed by atoms with Gasteiger partial charge in [0.05, 0.1) is 11.3 Å². The van der Waals surface area contributed by atoms with E-state index in [1.54, 1.807) is 0 Å². The van der Waals surface area contributed by atoms with Crippen LogP contribution in [-0.4, -0.2) is 56.0 Å². The fraction of sp³-hybridized carbons (Fsp3) is 0.684. The molecule has 2 fully saturated rings. The number of nitrogens with zero attached hydrogens (tertiary/aromatic N) is 2. The average Bonchev–Trinajstić information content (AvgIpc) is 2.63. The van der Waals surface area contributed by atoms with E-state index in [-0.39, 0.29) is 14.9 Å². The Balaban J connectivity index is 1.65. The molecule has 0 aliphatic carbocycles. The van der Waals surface area contributed by atoms with Crippen molar-refractivity contribution in [2.24, 2.45) is 5.92 Å². The first kappa shape index (κ1) is 22.1. The Kier molecular flexibility index (Phi) is 6.79. The lowest BCUT2D eigenvalue weighted by Gasteiger charge is -2.41. The van der Waals surface area contributed by atoms with Crippen molar-refractivity contribution in [1.82, 2.24) is 9.21 Å². The Labute approximate surface area is 173 Å². The normalized spacial score (nSPS) is 21.9. The Morgan fingerprint density at radius 3 is 2.21 bits per heavy atom. The lowest BCUT2D eigenvalue weighted by Crippen LogP contribution is -2.48. The van der Waals surface area contributed by atoms with Crippen LogP contribution in [0.4, 0.5) is 13.2 Å². The predicted octanol–water partition coefficient (Wildman–Crippen LogP) is 4.44. The fourth-order valence-corrected chi connectivity index (χ4v) is 6.21. The second kappa shape index (κ2) is 8.62. The lowest BCUT2D eigenvalue weighted by atomic mass is 9.95. The van der Waals surface area contributed by atoms with Crippen LogP contribution < -0.4 is 0 Å². The predicted molar refractivity (Wildman–Crippen MR) is 106 cm³/mol. The van der Waals surface area contributed by atoms with E-state index in [0.717, 1.165) is 31.8 Å². The van der Waals surface area contributed by atoms with Crippen LogP contribution in [0.1, 0.15) is 38.2 Å². The molecular formula is C19H26BrF3N2O2S. The fourth-order valence-electron chi connectivity index (χ4n) is 4.04. The van der Waals surface area contributed by atoms with Gasteiger partial charge < -0.3 is 4.90 Å². The summed E-state index contributed by atoms with van der Waals surface area (Å²) >= 11 is 3.09. The van der Waals surface area contributed by atoms with Crippen LogP contribution in [0.15, 0.2) is 27.6 Å². The van der Waals surface area contributed by atoms with E-state index in [1.165, 1.54) is 35.3 Å². The molecule has 158 valence electrons. The molecule has 9 heteroatoms. The topological polar surface area (TPSA) is 40.6 Å². The van der Waals surface area contributed by atoms with Crippen molar-refractivity contribution in [1.29, 1.82) is 0 Å². The zero-order valence-corrected chi connectivity index (χ0v) is 18.3. The van der Waals surface area contributed by atoms with Gasteiger partial charge in [0.25, 0.3) is 0 Å². The summed E-state index contributed by atoms with van der Waals surface area (Å²) in [5.74, 6) is 0.760. The molecule has 2 aliphatic heterocycles. The molecule has 1 aromatic carbocycles. The SMILES string of the molecule is CC1CCN(C2CCN(S(=O)(=O)c3ccc(CC(F)(F)F)c(Br)c3)CC2)CC1. The molecule has 0 radical (unpaired) electrons. The van der Waals surface area contributed by atoms with Gasteiger partial charge in [-0.05, 0) is 62.4 Å². The third-order valence-electron chi connectivity index (χ3n) is 5.81. The molecule has 0 saturated carbocycles. The standard InChI is InChI=1S/C19H26BrF3N2O2S/c1-14-4-8-24(9-5-14)16-6-10-25(11-7-16)28(26,27)17-3-2-15(18(20)12-17)13-19(21,22)23/h2-3,12,14,16H,4-11,13H2,1H3. The van der Waals surface area contributed by atoms with Crippen LogP contribution in [0.3, 0.4) is 0 Å². The van der Waals surface area contributed by atoms with Gasteiger partial charge in [-0.15, -0.1) is 0 Å². The maximum Gasteiger partial charge on any atom is 0.393 e. The van der Waals surface area contributed by atoms with Gasteiger partial charge in [0.1, 0.15) is 0 Å². The second-order valence-electron chi connectivity index (χ2n) is 7.90. The van der Waals surface area contributed by atoms with E-state index < -0.39 is 22.6 Å². The number of alkyl halides is 3. The van der Waals surface area contributed by atoms with Crippen LogP contribution >= 0.6 is 15.9 Å². The molecular weight excluding hydrogens is 457 g/mol. The molecule has 0 bridgehead atoms. The van der Waals surface area contributed by atoms with E-state index in [0.29, 0.717) is 19.1 Å². The average molecular weight is 483 g/mol. The maximum absolute atomic E-state index is 12.9. The van der Waals surface area contributed by atoms with Crippen molar-refractivity contribution in [3.63, 3.8) is 0 Å². The Bertz CT molecular complexity index is 785. The second-order valence-corrected chi connectivity index (χ2v) is 10.7. The van der Waals surface area contributed by atoms with E-state index in [4.69, 9.17) is 0 Å². The molecule has 0 unspecified atom stereocenters. The van der Waals surface area contributed by atoms with E-state index in [2.05, 4.69) is 27.8 Å². The molecule has 4 nitrogen and oxygen atoms in total. The third-order valence-corrected chi connectivity index (χ3v) is 8.44. The molecule has 28 heavy (non-hydrogen) atoms. The quantitative estimate of drug-likeness (QED) is 0.636. The van der Waals surface area contributed by atoms with Gasteiger partial charge >= 0.3 is 6.18 Å². The summed E-state index contributed by atoms with van der Waals surface area (Å²) in [6, 6.07) is 4.22. The van der Waals surface area contributed by atoms with Crippen LogP contribution in [0.5, 0.6) is 0 Å². The largest absolute Gasteiger partial charge is 0.393 e. The highest BCUT2D eigenvalue weighted by Gasteiger charge is 2.33. The minimum atomic E-state index is -4.34. The van der Waals surface area contributed by atoms with Crippen LogP contribution in [-0.2, 0) is 16.4 Å². The summed E-state index contributed by atoms with van der Waals surface area (Å²) in [4.78, 5) is 2.52. The molecule has 0 amide bonds. The Hall–Kier alpha value is -0.640. The minimum absolute atomic E-state index is 0.0319. The summed E-state index contributed by atoms with van der Waals surface area (Å²) in [6.07, 6.45) is -1.46. The summed E-state index contributed by atoms with van der Waals surface area (Å²) in [7, 11) is -3.70. The first-order valence-corrected chi connectivity index (χ1v) is 11.9. The van der Waals surface area contributed by atoms with Gasteiger partial charge in [0.2, 0.25) is 10.0 Å². The summed E-state index contributed by atoms with van der Waals surface area (Å²) in [6.45, 7) is 5.31. The number of benzene rings is 1. The highest BCUT2D eigenvalue weighted by atomic mass is 79.9. The van der Waals surface area contributed by atoms with Gasteiger partial charge in [-0.3, -0.25) is 0 Å². The number of hydrogen-bond donors (Lipinski definition) is 0. The summed E-state index contributed by atoms with van der Waals surface area (Å²) in [5, 5.41) is 0. The van der Waals surface area contributed by atoms with Crippen molar-refractivity contribution in [2.45, 2.75) is 56.1 Å². The Morgan fingerprint density at radius 2 is 1.68 bits per heavy atom. The minimum Gasteiger partial charge on any atom is -0.300 e. The molecule has 0 N–H and O–H groups in total. The third kappa shape index (κ3) is 5.29. The Morgan fingerprint density at radius 1 is 1.07 bits per heavy atom.